The van der Waals surface area contributed by atoms with Crippen LogP contribution in [0.3, 0.4) is 0 Å². The molecule has 5 heterocycles. The summed E-state index contributed by atoms with van der Waals surface area (Å²) in [6, 6.07) is 8.90. The number of nitrogens with zero attached hydrogens (tertiary/aromatic N) is 4. The van der Waals surface area contributed by atoms with Gasteiger partial charge < -0.3 is 0 Å². The summed E-state index contributed by atoms with van der Waals surface area (Å²) < 4.78 is 7.12. The summed E-state index contributed by atoms with van der Waals surface area (Å²) >= 11 is 7.18. The second-order valence-corrected chi connectivity index (χ2v) is 32.2. The third-order valence-electron chi connectivity index (χ3n) is 18.8. The summed E-state index contributed by atoms with van der Waals surface area (Å²) in [5, 5.41) is 23.5. The van der Waals surface area contributed by atoms with Crippen molar-refractivity contribution in [2.24, 2.45) is 17.8 Å². The number of aryl methyl sites for hydroxylation is 1. The standard InChI is InChI=1S/C75H108N4O4S5/c1-7-11-15-19-23-27-29-33-37-41-45-56(43-39-35-31-25-21-17-13-9-3)52-78-71(80)63-61-62-64(68-67(63)85-60(86-68)49-54(5)50-76)72(81)79(53-57(44-40-36-32-26-22-18-14-10-4)46-42-38-34-30-28-24-20-16-12-8-2)74(83)66(62)70-69(65(61)73(78)82)87-75(88-70)58(51-77)59-48-47-55(6)84-59/h47-49,54,56-57H,7-46,52-53H2,1-6H3. The molecule has 7 rings (SSSR count). The first-order valence-corrected chi connectivity index (χ1v) is 39.6. The number of benzene rings is 2. The van der Waals surface area contributed by atoms with E-state index in [4.69, 9.17) is 0 Å². The predicted molar refractivity (Wildman–Crippen MR) is 388 cm³/mol. The Hall–Kier alpha value is -3.98. The number of thiophene rings is 1. The van der Waals surface area contributed by atoms with Crippen LogP contribution >= 0.6 is 56.7 Å². The van der Waals surface area contributed by atoms with E-state index in [1.807, 2.05) is 32.1 Å². The van der Waals surface area contributed by atoms with Gasteiger partial charge in [-0.15, -0.1) is 56.7 Å². The number of pyridine rings is 2. The highest BCUT2D eigenvalue weighted by Crippen LogP contribution is 2.45. The summed E-state index contributed by atoms with van der Waals surface area (Å²) in [6.07, 6.45) is 49.9. The Kier molecular flexibility index (Phi) is 31.5. The molecule has 88 heavy (non-hydrogen) atoms. The maximum atomic E-state index is 16.0. The number of fused-ring (bicyclic) bond motifs is 6. The summed E-state index contributed by atoms with van der Waals surface area (Å²) in [5.41, 5.74) is -0.965. The Morgan fingerprint density at radius 3 is 0.989 bits per heavy atom. The topological polar surface area (TPSA) is 126 Å². The van der Waals surface area contributed by atoms with Gasteiger partial charge in [0.15, 0.2) is 0 Å². The molecule has 2 aromatic carbocycles. The molecule has 0 aliphatic rings. The first-order chi connectivity index (χ1) is 43.0. The summed E-state index contributed by atoms with van der Waals surface area (Å²) in [5.74, 6) is -0.187. The second-order valence-electron chi connectivity index (χ2n) is 26.2. The lowest BCUT2D eigenvalue weighted by atomic mass is 9.92. The molecule has 0 radical (unpaired) electrons. The Labute approximate surface area is 547 Å². The fraction of sp³-hybridized carbons (Fsp3) is 0.680. The van der Waals surface area contributed by atoms with Gasteiger partial charge in [-0.3, -0.25) is 28.3 Å². The van der Waals surface area contributed by atoms with Crippen molar-refractivity contribution in [3.8, 4) is 12.1 Å². The van der Waals surface area contributed by atoms with E-state index in [1.165, 1.54) is 225 Å². The van der Waals surface area contributed by atoms with Crippen molar-refractivity contribution >= 4 is 119 Å². The highest BCUT2D eigenvalue weighted by atomic mass is 32.2. The SMILES string of the molecule is CCCCCCCCCCCCC(CCCCCCCCCC)Cn1c(=O)c2c3sc(=CC(C)C#N)sc3c3c(=O)n(CC(CCCCCCCCCC)CCCCCCCCCCCC)c(=O)c4c5sc(=C(C#N)c6ccc(C)s6)sc5c(c1=O)c2c34. The number of nitriles is 2. The van der Waals surface area contributed by atoms with E-state index >= 15 is 19.2 Å². The van der Waals surface area contributed by atoms with Crippen LogP contribution in [0.25, 0.3) is 62.8 Å². The molecule has 0 saturated heterocycles. The first-order valence-electron chi connectivity index (χ1n) is 35.5. The molecule has 8 nitrogen and oxygen atoms in total. The van der Waals surface area contributed by atoms with E-state index in [0.717, 1.165) is 90.7 Å². The second kappa shape index (κ2) is 38.8. The molecule has 3 unspecified atom stereocenters. The maximum Gasteiger partial charge on any atom is 0.262 e. The summed E-state index contributed by atoms with van der Waals surface area (Å²) in [4.78, 5) is 65.9. The number of unbranched alkanes of at least 4 members (excludes halogenated alkanes) is 32. The number of hydrogen-bond acceptors (Lipinski definition) is 11. The maximum absolute atomic E-state index is 16.0. The van der Waals surface area contributed by atoms with Gasteiger partial charge in [0.05, 0.1) is 65.6 Å². The van der Waals surface area contributed by atoms with Gasteiger partial charge in [-0.05, 0) is 69.6 Å². The first kappa shape index (κ1) is 71.5. The lowest BCUT2D eigenvalue weighted by Gasteiger charge is -2.21. The molecular weight excluding hydrogens is 1180 g/mol. The number of hydrogen-bond donors (Lipinski definition) is 0. The van der Waals surface area contributed by atoms with Crippen molar-refractivity contribution in [1.29, 1.82) is 10.5 Å². The van der Waals surface area contributed by atoms with Crippen LogP contribution in [0.4, 0.5) is 0 Å². The van der Waals surface area contributed by atoms with Gasteiger partial charge in [-0.2, -0.15) is 10.5 Å². The average Bonchev–Trinajstić information content (AvgIpc) is 1.21. The highest BCUT2D eigenvalue weighted by Gasteiger charge is 2.31. The van der Waals surface area contributed by atoms with Gasteiger partial charge in [-0.25, -0.2) is 0 Å². The molecule has 0 spiro atoms. The quantitative estimate of drug-likeness (QED) is 0.0276. The van der Waals surface area contributed by atoms with E-state index < -0.39 is 5.92 Å². The zero-order valence-corrected chi connectivity index (χ0v) is 59.2. The molecule has 0 amide bonds. The molecule has 13 heteroatoms. The molecule has 0 aliphatic heterocycles. The van der Waals surface area contributed by atoms with Gasteiger partial charge in [0.1, 0.15) is 6.07 Å². The third kappa shape index (κ3) is 19.8. The summed E-state index contributed by atoms with van der Waals surface area (Å²) in [7, 11) is 0. The lowest BCUT2D eigenvalue weighted by molar-refractivity contribution is 0.350. The van der Waals surface area contributed by atoms with Crippen molar-refractivity contribution in [3.63, 3.8) is 0 Å². The monoisotopic (exact) mass is 1290 g/mol. The Morgan fingerprint density at radius 1 is 0.420 bits per heavy atom. The average molecular weight is 1290 g/mol. The van der Waals surface area contributed by atoms with Crippen LogP contribution < -0.4 is 29.9 Å². The molecule has 3 atom stereocenters. The van der Waals surface area contributed by atoms with E-state index in [-0.39, 0.29) is 34.1 Å². The fourth-order valence-corrected chi connectivity index (χ4v) is 20.3. The number of aromatic nitrogens is 2. The van der Waals surface area contributed by atoms with E-state index in [1.54, 1.807) is 20.5 Å². The van der Waals surface area contributed by atoms with Crippen molar-refractivity contribution in [1.82, 2.24) is 9.13 Å². The van der Waals surface area contributed by atoms with Crippen molar-refractivity contribution in [3.05, 3.63) is 71.0 Å². The largest absolute Gasteiger partial charge is 0.274 e. The van der Waals surface area contributed by atoms with Gasteiger partial charge in [-0.1, -0.05) is 259 Å². The van der Waals surface area contributed by atoms with Crippen LogP contribution in [-0.2, 0) is 13.1 Å². The smallest absolute Gasteiger partial charge is 0.262 e. The van der Waals surface area contributed by atoms with Gasteiger partial charge in [0.25, 0.3) is 22.2 Å². The van der Waals surface area contributed by atoms with Crippen molar-refractivity contribution in [2.75, 3.05) is 0 Å². The minimum Gasteiger partial charge on any atom is -0.274 e. The molecular formula is C75H108N4O4S5. The molecule has 0 N–H and O–H groups in total. The molecule has 0 bridgehead atoms. The third-order valence-corrected chi connectivity index (χ3v) is 25.0. The lowest BCUT2D eigenvalue weighted by Crippen LogP contribution is -2.38. The van der Waals surface area contributed by atoms with Crippen LogP contribution in [-0.4, -0.2) is 9.13 Å². The predicted octanol–water partition coefficient (Wildman–Crippen LogP) is 22.1. The van der Waals surface area contributed by atoms with E-state index in [2.05, 4.69) is 39.8 Å². The van der Waals surface area contributed by atoms with Gasteiger partial charge in [0, 0.05) is 33.6 Å². The fourth-order valence-electron chi connectivity index (χ4n) is 13.7. The Bertz CT molecular complexity index is 3510. The number of rotatable bonds is 46. The van der Waals surface area contributed by atoms with Crippen LogP contribution in [0.1, 0.15) is 301 Å². The Morgan fingerprint density at radius 2 is 0.716 bits per heavy atom. The zero-order chi connectivity index (χ0) is 62.6. The molecule has 0 aliphatic carbocycles. The molecule has 5 aromatic heterocycles. The molecule has 482 valence electrons. The minimum absolute atomic E-state index is 0.118. The Balaban J connectivity index is 1.39. The van der Waals surface area contributed by atoms with Crippen LogP contribution in [0, 0.1) is 47.3 Å². The summed E-state index contributed by atoms with van der Waals surface area (Å²) in [6.45, 7) is 13.5. The normalized spacial score (nSPS) is 13.0. The molecule has 0 saturated carbocycles. The van der Waals surface area contributed by atoms with Gasteiger partial charge in [0.2, 0.25) is 0 Å². The molecule has 0 fully saturated rings. The minimum atomic E-state index is -0.422. The van der Waals surface area contributed by atoms with Gasteiger partial charge >= 0.3 is 0 Å². The van der Waals surface area contributed by atoms with E-state index in [0.29, 0.717) is 73.6 Å². The van der Waals surface area contributed by atoms with Crippen molar-refractivity contribution < 1.29 is 0 Å². The van der Waals surface area contributed by atoms with E-state index in [9.17, 15) is 10.5 Å². The highest BCUT2D eigenvalue weighted by molar-refractivity contribution is 7.38. The molecule has 7 aromatic rings. The van der Waals surface area contributed by atoms with Crippen LogP contribution in [0.5, 0.6) is 0 Å². The van der Waals surface area contributed by atoms with Crippen LogP contribution in [0.15, 0.2) is 31.3 Å². The van der Waals surface area contributed by atoms with Crippen molar-refractivity contribution in [2.45, 2.75) is 311 Å². The van der Waals surface area contributed by atoms with Crippen LogP contribution in [0.2, 0.25) is 0 Å². The zero-order valence-electron chi connectivity index (χ0n) is 55.1.